The van der Waals surface area contributed by atoms with Crippen LogP contribution in [0.1, 0.15) is 32.8 Å². The third-order valence-corrected chi connectivity index (χ3v) is 5.76. The van der Waals surface area contributed by atoms with E-state index in [1.54, 1.807) is 11.0 Å². The molecular formula is C23H26Cl2N4O2. The van der Waals surface area contributed by atoms with Crippen molar-refractivity contribution in [2.24, 2.45) is 0 Å². The number of hydrogen-bond acceptors (Lipinski definition) is 4. The molecule has 0 radical (unpaired) electrons. The van der Waals surface area contributed by atoms with Gasteiger partial charge in [-0.05, 0) is 57.0 Å². The number of nitrogens with one attached hydrogen (secondary N) is 1. The van der Waals surface area contributed by atoms with Crippen LogP contribution < -0.4 is 5.32 Å². The average Bonchev–Trinajstić information content (AvgIpc) is 3.28. The molecule has 4 rings (SSSR count). The van der Waals surface area contributed by atoms with Crippen LogP contribution in [0.2, 0.25) is 10.0 Å². The molecule has 8 heteroatoms. The number of carbonyl (C=O) groups excluding carboxylic acids is 1. The summed E-state index contributed by atoms with van der Waals surface area (Å²) in [5.74, 6) is 0.753. The lowest BCUT2D eigenvalue weighted by atomic mass is 10.2. The van der Waals surface area contributed by atoms with Gasteiger partial charge in [-0.1, -0.05) is 41.4 Å². The fraction of sp³-hybridized carbons (Fsp3) is 0.391. The van der Waals surface area contributed by atoms with Crippen molar-refractivity contribution in [3.63, 3.8) is 0 Å². The van der Waals surface area contributed by atoms with E-state index in [4.69, 9.17) is 32.9 Å². The first-order chi connectivity index (χ1) is 14.7. The highest BCUT2D eigenvalue weighted by atomic mass is 35.5. The minimum Gasteiger partial charge on any atom is -0.444 e. The van der Waals surface area contributed by atoms with Crippen LogP contribution in [0.3, 0.4) is 0 Å². The number of anilines is 1. The minimum absolute atomic E-state index is 0.0868. The fourth-order valence-electron chi connectivity index (χ4n) is 3.72. The molecule has 1 aliphatic rings. The minimum atomic E-state index is -0.506. The number of carbonyl (C=O) groups is 1. The zero-order valence-electron chi connectivity index (χ0n) is 17.9. The first-order valence-corrected chi connectivity index (χ1v) is 11.1. The third-order valence-electron chi connectivity index (χ3n) is 5.17. The molecule has 1 amide bonds. The third kappa shape index (κ3) is 5.08. The van der Waals surface area contributed by atoms with E-state index < -0.39 is 5.60 Å². The van der Waals surface area contributed by atoms with E-state index >= 15 is 0 Å². The molecule has 1 saturated heterocycles. The molecule has 1 atom stereocenters. The lowest BCUT2D eigenvalue weighted by Gasteiger charge is -2.24. The van der Waals surface area contributed by atoms with Crippen molar-refractivity contribution in [2.45, 2.75) is 45.4 Å². The van der Waals surface area contributed by atoms with Gasteiger partial charge in [0.05, 0.1) is 17.6 Å². The Morgan fingerprint density at radius 3 is 2.74 bits per heavy atom. The highest BCUT2D eigenvalue weighted by Gasteiger charge is 2.30. The number of hydrogen-bond donors (Lipinski definition) is 1. The van der Waals surface area contributed by atoms with Crippen LogP contribution in [-0.2, 0) is 11.3 Å². The molecule has 6 nitrogen and oxygen atoms in total. The molecule has 31 heavy (non-hydrogen) atoms. The van der Waals surface area contributed by atoms with Crippen molar-refractivity contribution in [3.05, 3.63) is 58.1 Å². The number of imidazole rings is 1. The van der Waals surface area contributed by atoms with E-state index in [-0.39, 0.29) is 12.1 Å². The van der Waals surface area contributed by atoms with Gasteiger partial charge in [-0.15, -0.1) is 0 Å². The number of halogens is 2. The van der Waals surface area contributed by atoms with Gasteiger partial charge in [0.25, 0.3) is 0 Å². The van der Waals surface area contributed by atoms with Crippen molar-refractivity contribution in [2.75, 3.05) is 18.4 Å². The van der Waals surface area contributed by atoms with Crippen LogP contribution in [0.25, 0.3) is 11.0 Å². The number of amides is 1. The Morgan fingerprint density at radius 1 is 1.23 bits per heavy atom. The van der Waals surface area contributed by atoms with Gasteiger partial charge in [-0.3, -0.25) is 0 Å². The van der Waals surface area contributed by atoms with E-state index in [1.165, 1.54) is 0 Å². The Labute approximate surface area is 192 Å². The number of rotatable bonds is 4. The second-order valence-corrected chi connectivity index (χ2v) is 9.65. The second kappa shape index (κ2) is 8.60. The molecule has 0 bridgehead atoms. The predicted molar refractivity (Wildman–Crippen MR) is 125 cm³/mol. The first-order valence-electron chi connectivity index (χ1n) is 10.3. The van der Waals surface area contributed by atoms with Crippen LogP contribution >= 0.6 is 23.2 Å². The van der Waals surface area contributed by atoms with Crippen LogP contribution in [0.4, 0.5) is 10.7 Å². The van der Waals surface area contributed by atoms with Gasteiger partial charge in [0.1, 0.15) is 5.60 Å². The highest BCUT2D eigenvalue weighted by molar-refractivity contribution is 6.35. The maximum atomic E-state index is 12.4. The standard InChI is InChI=1S/C23H26Cl2N4O2/c1-23(2,3)31-22(30)28-11-10-17(14-28)26-21-27-19-6-4-5-7-20(19)29(21)13-15-8-9-16(24)12-18(15)25/h4-9,12,17H,10-11,13-14H2,1-3H3,(H,26,27)/t17-/m0/s1. The summed E-state index contributed by atoms with van der Waals surface area (Å²) in [6, 6.07) is 13.6. The van der Waals surface area contributed by atoms with E-state index in [2.05, 4.69) is 9.88 Å². The van der Waals surface area contributed by atoms with Gasteiger partial charge >= 0.3 is 6.09 Å². The lowest BCUT2D eigenvalue weighted by molar-refractivity contribution is 0.0293. The number of aromatic nitrogens is 2. The quantitative estimate of drug-likeness (QED) is 0.533. The first kappa shape index (κ1) is 21.8. The molecule has 0 unspecified atom stereocenters. The Hall–Kier alpha value is -2.44. The van der Waals surface area contributed by atoms with Crippen molar-refractivity contribution >= 4 is 46.3 Å². The van der Waals surface area contributed by atoms with E-state index in [0.717, 1.165) is 29.0 Å². The molecule has 1 fully saturated rings. The predicted octanol–water partition coefficient (Wildman–Crippen LogP) is 5.81. The molecule has 2 heterocycles. The summed E-state index contributed by atoms with van der Waals surface area (Å²) in [6.07, 6.45) is 0.544. The SMILES string of the molecule is CC(C)(C)OC(=O)N1CC[C@H](Nc2nc3ccccc3n2Cc2ccc(Cl)cc2Cl)C1. The van der Waals surface area contributed by atoms with Crippen molar-refractivity contribution in [3.8, 4) is 0 Å². The Bertz CT molecular complexity index is 1110. The van der Waals surface area contributed by atoms with Crippen LogP contribution in [-0.4, -0.2) is 45.3 Å². The van der Waals surface area contributed by atoms with Gasteiger partial charge in [0.15, 0.2) is 0 Å². The van der Waals surface area contributed by atoms with Gasteiger partial charge in [0, 0.05) is 29.2 Å². The monoisotopic (exact) mass is 460 g/mol. The summed E-state index contributed by atoms with van der Waals surface area (Å²) in [5.41, 5.74) is 2.36. The smallest absolute Gasteiger partial charge is 0.410 e. The lowest BCUT2D eigenvalue weighted by Crippen LogP contribution is -2.36. The number of fused-ring (bicyclic) bond motifs is 1. The summed E-state index contributed by atoms with van der Waals surface area (Å²) in [4.78, 5) is 18.9. The van der Waals surface area contributed by atoms with Gasteiger partial charge in [0.2, 0.25) is 5.95 Å². The summed E-state index contributed by atoms with van der Waals surface area (Å²) in [7, 11) is 0. The molecule has 164 valence electrons. The number of nitrogens with zero attached hydrogens (tertiary/aromatic N) is 3. The molecule has 1 aromatic heterocycles. The van der Waals surface area contributed by atoms with Gasteiger partial charge in [-0.25, -0.2) is 9.78 Å². The molecule has 0 saturated carbocycles. The number of para-hydroxylation sites is 2. The second-order valence-electron chi connectivity index (χ2n) is 8.80. The number of likely N-dealkylation sites (tertiary alicyclic amines) is 1. The number of ether oxygens (including phenoxy) is 1. The van der Waals surface area contributed by atoms with Crippen molar-refractivity contribution in [1.82, 2.24) is 14.5 Å². The van der Waals surface area contributed by atoms with Gasteiger partial charge < -0.3 is 19.5 Å². The Morgan fingerprint density at radius 2 is 2.00 bits per heavy atom. The molecule has 1 aliphatic heterocycles. The van der Waals surface area contributed by atoms with Crippen molar-refractivity contribution < 1.29 is 9.53 Å². The zero-order chi connectivity index (χ0) is 22.2. The zero-order valence-corrected chi connectivity index (χ0v) is 19.4. The topological polar surface area (TPSA) is 59.4 Å². The molecule has 0 aliphatic carbocycles. The molecule has 2 aromatic carbocycles. The van der Waals surface area contributed by atoms with Crippen LogP contribution in [0, 0.1) is 0 Å². The maximum Gasteiger partial charge on any atom is 0.410 e. The molecule has 1 N–H and O–H groups in total. The van der Waals surface area contributed by atoms with E-state index in [1.807, 2.05) is 57.2 Å². The highest BCUT2D eigenvalue weighted by Crippen LogP contribution is 2.27. The molecule has 3 aromatic rings. The Kier molecular flexibility index (Phi) is 6.04. The number of benzene rings is 2. The van der Waals surface area contributed by atoms with Gasteiger partial charge in [-0.2, -0.15) is 0 Å². The largest absolute Gasteiger partial charge is 0.444 e. The maximum absolute atomic E-state index is 12.4. The normalized spacial score (nSPS) is 16.7. The van der Waals surface area contributed by atoms with Crippen molar-refractivity contribution in [1.29, 1.82) is 0 Å². The van der Waals surface area contributed by atoms with Crippen LogP contribution in [0.5, 0.6) is 0 Å². The van der Waals surface area contributed by atoms with E-state index in [9.17, 15) is 4.79 Å². The molecular weight excluding hydrogens is 435 g/mol. The summed E-state index contributed by atoms with van der Waals surface area (Å²) >= 11 is 12.5. The Balaban J connectivity index is 1.56. The van der Waals surface area contributed by atoms with Crippen LogP contribution in [0.15, 0.2) is 42.5 Å². The van der Waals surface area contributed by atoms with E-state index in [0.29, 0.717) is 29.7 Å². The summed E-state index contributed by atoms with van der Waals surface area (Å²) < 4.78 is 7.62. The molecule has 0 spiro atoms. The summed E-state index contributed by atoms with van der Waals surface area (Å²) in [6.45, 7) is 7.40. The average molecular weight is 461 g/mol. The summed E-state index contributed by atoms with van der Waals surface area (Å²) in [5, 5.41) is 4.76. The fourth-order valence-corrected chi connectivity index (χ4v) is 4.19.